The Morgan fingerprint density at radius 3 is 2.55 bits per heavy atom. The summed E-state index contributed by atoms with van der Waals surface area (Å²) >= 11 is 0.925. The van der Waals surface area contributed by atoms with Gasteiger partial charge in [0.1, 0.15) is 0 Å². The molecule has 1 aromatic rings. The van der Waals surface area contributed by atoms with E-state index < -0.39 is 17.7 Å². The summed E-state index contributed by atoms with van der Waals surface area (Å²) in [5.41, 5.74) is -2.26. The van der Waals surface area contributed by atoms with Gasteiger partial charge in [-0.1, -0.05) is 36.9 Å². The normalized spacial score (nSPS) is 25.4. The van der Waals surface area contributed by atoms with Crippen molar-refractivity contribution in [2.24, 2.45) is 4.99 Å². The first-order chi connectivity index (χ1) is 9.38. The molecule has 0 aromatic heterocycles. The Balaban J connectivity index is 2.34. The molecule has 1 fully saturated rings. The van der Waals surface area contributed by atoms with Crippen LogP contribution in [0.4, 0.5) is 18.9 Å². The summed E-state index contributed by atoms with van der Waals surface area (Å²) < 4.78 is 39.2. The van der Waals surface area contributed by atoms with Gasteiger partial charge in [-0.3, -0.25) is 0 Å². The maximum absolute atomic E-state index is 13.1. The van der Waals surface area contributed by atoms with Crippen molar-refractivity contribution >= 4 is 22.6 Å². The highest BCUT2D eigenvalue weighted by Gasteiger charge is 2.62. The molecule has 0 amide bonds. The minimum absolute atomic E-state index is 0.106. The molecular weight excluding hydrogens is 289 g/mol. The van der Waals surface area contributed by atoms with Crippen LogP contribution in [-0.2, 0) is 0 Å². The summed E-state index contributed by atoms with van der Waals surface area (Å²) in [7, 11) is 0. The third-order valence-corrected chi connectivity index (χ3v) is 4.08. The Hall–Kier alpha value is -1.21. The van der Waals surface area contributed by atoms with Crippen molar-refractivity contribution < 1.29 is 18.3 Å². The zero-order chi connectivity index (χ0) is 14.8. The maximum atomic E-state index is 13.1. The van der Waals surface area contributed by atoms with Gasteiger partial charge in [-0.05, 0) is 18.6 Å². The topological polar surface area (TPSA) is 35.8 Å². The van der Waals surface area contributed by atoms with Crippen LogP contribution in [0.3, 0.4) is 0 Å². The van der Waals surface area contributed by atoms with E-state index in [1.54, 1.807) is 37.3 Å². The molecule has 0 bridgehead atoms. The van der Waals surface area contributed by atoms with Gasteiger partial charge in [-0.15, -0.1) is 0 Å². The van der Waals surface area contributed by atoms with Gasteiger partial charge in [-0.25, -0.2) is 4.99 Å². The van der Waals surface area contributed by atoms with E-state index in [9.17, 15) is 18.3 Å². The van der Waals surface area contributed by atoms with E-state index >= 15 is 0 Å². The van der Waals surface area contributed by atoms with Crippen LogP contribution in [0.15, 0.2) is 35.3 Å². The average molecular weight is 304 g/mol. The Morgan fingerprint density at radius 1 is 1.35 bits per heavy atom. The second-order valence-corrected chi connectivity index (χ2v) is 5.43. The van der Waals surface area contributed by atoms with Crippen molar-refractivity contribution in [1.29, 1.82) is 0 Å². The molecule has 1 aliphatic heterocycles. The number of thioether (sulfide) groups is 1. The molecule has 20 heavy (non-hydrogen) atoms. The van der Waals surface area contributed by atoms with E-state index in [4.69, 9.17) is 0 Å². The first-order valence-electron chi connectivity index (χ1n) is 6.22. The van der Waals surface area contributed by atoms with Gasteiger partial charge < -0.3 is 10.0 Å². The van der Waals surface area contributed by atoms with Crippen molar-refractivity contribution in [2.75, 3.05) is 12.3 Å². The fourth-order valence-corrected chi connectivity index (χ4v) is 3.14. The molecule has 1 saturated heterocycles. The molecule has 1 aromatic carbocycles. The third kappa shape index (κ3) is 2.78. The van der Waals surface area contributed by atoms with Crippen molar-refractivity contribution in [1.82, 2.24) is 4.90 Å². The van der Waals surface area contributed by atoms with E-state index in [2.05, 4.69) is 4.99 Å². The van der Waals surface area contributed by atoms with Crippen LogP contribution in [0.5, 0.6) is 0 Å². The van der Waals surface area contributed by atoms with Crippen LogP contribution >= 0.6 is 11.8 Å². The first-order valence-corrected chi connectivity index (χ1v) is 7.20. The highest BCUT2D eigenvalue weighted by molar-refractivity contribution is 8.14. The van der Waals surface area contributed by atoms with Crippen LogP contribution in [0.1, 0.15) is 13.3 Å². The van der Waals surface area contributed by atoms with Crippen molar-refractivity contribution in [2.45, 2.75) is 25.2 Å². The summed E-state index contributed by atoms with van der Waals surface area (Å²) in [6.07, 6.45) is -4.21. The Morgan fingerprint density at radius 2 is 2.00 bits per heavy atom. The molecule has 0 radical (unpaired) electrons. The van der Waals surface area contributed by atoms with Crippen LogP contribution in [0.25, 0.3) is 0 Å². The molecule has 110 valence electrons. The highest BCUT2D eigenvalue weighted by Crippen LogP contribution is 2.43. The predicted molar refractivity (Wildman–Crippen MR) is 74.0 cm³/mol. The van der Waals surface area contributed by atoms with Crippen molar-refractivity contribution in [3.05, 3.63) is 30.3 Å². The number of alkyl halides is 3. The number of rotatable bonds is 3. The van der Waals surface area contributed by atoms with E-state index in [1.807, 2.05) is 0 Å². The second kappa shape index (κ2) is 5.65. The predicted octanol–water partition coefficient (Wildman–Crippen LogP) is 3.38. The summed E-state index contributed by atoms with van der Waals surface area (Å²) in [6, 6.07) is 8.75. The number of halogens is 3. The minimum Gasteiger partial charge on any atom is -0.363 e. The largest absolute Gasteiger partial charge is 0.437 e. The lowest BCUT2D eigenvalue weighted by molar-refractivity contribution is -0.288. The second-order valence-electron chi connectivity index (χ2n) is 4.48. The molecule has 2 rings (SSSR count). The monoisotopic (exact) mass is 304 g/mol. The fraction of sp³-hybridized carbons (Fsp3) is 0.462. The summed E-state index contributed by atoms with van der Waals surface area (Å²) in [6.45, 7) is 1.87. The lowest BCUT2D eigenvalue weighted by Crippen LogP contribution is -2.58. The number of nitrogens with zero attached hydrogens (tertiary/aromatic N) is 2. The smallest absolute Gasteiger partial charge is 0.363 e. The zero-order valence-corrected chi connectivity index (χ0v) is 11.7. The molecule has 1 unspecified atom stereocenters. The average Bonchev–Trinajstić information content (AvgIpc) is 2.70. The first kappa shape index (κ1) is 15.2. The molecule has 1 heterocycles. The molecule has 0 saturated carbocycles. The Bertz CT molecular complexity index is 492. The quantitative estimate of drug-likeness (QED) is 0.930. The maximum Gasteiger partial charge on any atom is 0.437 e. The van der Waals surface area contributed by atoms with Gasteiger partial charge in [0.2, 0.25) is 5.72 Å². The number of para-hydroxylation sites is 1. The van der Waals surface area contributed by atoms with Crippen LogP contribution in [0.2, 0.25) is 0 Å². The van der Waals surface area contributed by atoms with Crippen molar-refractivity contribution in [3.63, 3.8) is 0 Å². The molecule has 3 nitrogen and oxygen atoms in total. The van der Waals surface area contributed by atoms with Crippen LogP contribution in [-0.4, -0.2) is 39.4 Å². The van der Waals surface area contributed by atoms with E-state index in [1.165, 1.54) is 0 Å². The van der Waals surface area contributed by atoms with E-state index in [-0.39, 0.29) is 11.7 Å². The van der Waals surface area contributed by atoms with Gasteiger partial charge in [0.25, 0.3) is 0 Å². The summed E-state index contributed by atoms with van der Waals surface area (Å²) in [5.74, 6) is -0.456. The molecule has 1 N–H and O–H groups in total. The lowest BCUT2D eigenvalue weighted by Gasteiger charge is -2.35. The molecule has 0 aliphatic carbocycles. The number of amidine groups is 1. The third-order valence-electron chi connectivity index (χ3n) is 2.96. The SMILES string of the molecule is CCCN1C(=Nc2ccccc2)SCC1(O)C(F)(F)F. The molecule has 1 aliphatic rings. The van der Waals surface area contributed by atoms with Gasteiger partial charge >= 0.3 is 6.18 Å². The summed E-state index contributed by atoms with van der Waals surface area (Å²) in [5, 5.41) is 10.2. The Kier molecular flexibility index (Phi) is 4.29. The molecule has 1 atom stereocenters. The Labute approximate surface area is 119 Å². The van der Waals surface area contributed by atoms with E-state index in [0.717, 1.165) is 16.7 Å². The van der Waals surface area contributed by atoms with Gasteiger partial charge in [0.15, 0.2) is 5.17 Å². The fourth-order valence-electron chi connectivity index (χ4n) is 1.92. The van der Waals surface area contributed by atoms with Crippen molar-refractivity contribution in [3.8, 4) is 0 Å². The number of hydrogen-bond acceptors (Lipinski definition) is 3. The minimum atomic E-state index is -4.71. The number of aliphatic imine (C=N–C) groups is 1. The standard InChI is InChI=1S/C13H15F3N2OS/c1-2-8-18-11(17-10-6-4-3-5-7-10)20-9-12(18,19)13(14,15)16/h3-7,19H,2,8-9H2,1H3. The number of hydrogen-bond donors (Lipinski definition) is 1. The molecule has 0 spiro atoms. The summed E-state index contributed by atoms with van der Waals surface area (Å²) in [4.78, 5) is 5.16. The number of aliphatic hydroxyl groups is 1. The lowest BCUT2D eigenvalue weighted by atomic mass is 10.2. The highest BCUT2D eigenvalue weighted by atomic mass is 32.2. The zero-order valence-electron chi connectivity index (χ0n) is 10.9. The molecule has 7 heteroatoms. The van der Waals surface area contributed by atoms with Gasteiger partial charge in [0, 0.05) is 6.54 Å². The number of benzene rings is 1. The van der Waals surface area contributed by atoms with Gasteiger partial charge in [0.05, 0.1) is 11.4 Å². The van der Waals surface area contributed by atoms with Gasteiger partial charge in [-0.2, -0.15) is 13.2 Å². The van der Waals surface area contributed by atoms with Crippen LogP contribution < -0.4 is 0 Å². The molecular formula is C13H15F3N2OS. The van der Waals surface area contributed by atoms with Crippen LogP contribution in [0, 0.1) is 0 Å². The van der Waals surface area contributed by atoms with E-state index in [0.29, 0.717) is 12.1 Å².